The maximum atomic E-state index is 10.2. The number of aliphatic hydroxyl groups excluding tert-OH is 1. The molecule has 0 saturated carbocycles. The molecule has 0 aliphatic carbocycles. The van der Waals surface area contributed by atoms with Gasteiger partial charge in [-0.25, -0.2) is 0 Å². The minimum Gasteiger partial charge on any atom is -0.481 e. The molecule has 0 saturated heterocycles. The van der Waals surface area contributed by atoms with Crippen molar-refractivity contribution in [2.45, 2.75) is 12.5 Å². The lowest BCUT2D eigenvalue weighted by Gasteiger charge is -2.06. The first-order valence-electron chi connectivity index (χ1n) is 3.65. The Kier molecular flexibility index (Phi) is 4.72. The zero-order chi connectivity index (χ0) is 8.97. The summed E-state index contributed by atoms with van der Waals surface area (Å²) in [6, 6.07) is 8.75. The Morgan fingerprint density at radius 1 is 1.31 bits per heavy atom. The second-order valence-electron chi connectivity index (χ2n) is 2.52. The van der Waals surface area contributed by atoms with Gasteiger partial charge in [0.2, 0.25) is 0 Å². The predicted molar refractivity (Wildman–Crippen MR) is 48.7 cm³/mol. The Bertz CT molecular complexity index is 261. The van der Waals surface area contributed by atoms with E-state index in [1.807, 2.05) is 6.07 Å². The van der Waals surface area contributed by atoms with Gasteiger partial charge < -0.3 is 16.4 Å². The van der Waals surface area contributed by atoms with Crippen LogP contribution in [0.15, 0.2) is 30.3 Å². The molecule has 1 rings (SSSR count). The van der Waals surface area contributed by atoms with Crippen molar-refractivity contribution in [3.63, 3.8) is 0 Å². The molecule has 0 bridgehead atoms. The van der Waals surface area contributed by atoms with Crippen LogP contribution >= 0.6 is 0 Å². The Hall–Kier alpha value is -1.39. The summed E-state index contributed by atoms with van der Waals surface area (Å²) in [5, 5.41) is 17.7. The molecular formula is C9H13NO3. The van der Waals surface area contributed by atoms with Crippen LogP contribution in [0.2, 0.25) is 0 Å². The van der Waals surface area contributed by atoms with E-state index in [0.717, 1.165) is 0 Å². The van der Waals surface area contributed by atoms with Gasteiger partial charge in [0.1, 0.15) is 0 Å². The first-order valence-corrected chi connectivity index (χ1v) is 3.65. The Balaban J connectivity index is 0.00000144. The smallest absolute Gasteiger partial charge is 0.306 e. The highest BCUT2D eigenvalue weighted by atomic mass is 16.4. The van der Waals surface area contributed by atoms with Crippen LogP contribution in [0.25, 0.3) is 0 Å². The van der Waals surface area contributed by atoms with Crippen LogP contribution in [0.3, 0.4) is 0 Å². The average molecular weight is 183 g/mol. The number of carbonyl (C=O) groups is 1. The lowest BCUT2D eigenvalue weighted by atomic mass is 10.1. The van der Waals surface area contributed by atoms with Crippen molar-refractivity contribution in [2.75, 3.05) is 0 Å². The van der Waals surface area contributed by atoms with Crippen molar-refractivity contribution in [1.29, 1.82) is 0 Å². The molecule has 0 aromatic heterocycles. The van der Waals surface area contributed by atoms with Crippen LogP contribution in [0.5, 0.6) is 0 Å². The third-order valence-corrected chi connectivity index (χ3v) is 1.55. The highest BCUT2D eigenvalue weighted by molar-refractivity contribution is 5.67. The zero-order valence-electron chi connectivity index (χ0n) is 7.18. The molecule has 0 fully saturated rings. The van der Waals surface area contributed by atoms with Gasteiger partial charge in [0.15, 0.2) is 0 Å². The van der Waals surface area contributed by atoms with Crippen molar-refractivity contribution < 1.29 is 15.0 Å². The molecule has 0 heterocycles. The number of aliphatic carboxylic acids is 1. The van der Waals surface area contributed by atoms with Crippen LogP contribution in [-0.4, -0.2) is 16.2 Å². The largest absolute Gasteiger partial charge is 0.481 e. The first kappa shape index (κ1) is 11.6. The summed E-state index contributed by atoms with van der Waals surface area (Å²) in [5.74, 6) is -0.994. The van der Waals surface area contributed by atoms with E-state index in [2.05, 4.69) is 0 Å². The maximum absolute atomic E-state index is 10.2. The Morgan fingerprint density at radius 2 is 1.85 bits per heavy atom. The van der Waals surface area contributed by atoms with Crippen molar-refractivity contribution in [1.82, 2.24) is 6.15 Å². The van der Waals surface area contributed by atoms with Crippen LogP contribution in [0.4, 0.5) is 0 Å². The fourth-order valence-corrected chi connectivity index (χ4v) is 0.958. The summed E-state index contributed by atoms with van der Waals surface area (Å²) in [5.41, 5.74) is 0.639. The van der Waals surface area contributed by atoms with Crippen LogP contribution in [-0.2, 0) is 4.79 Å². The van der Waals surface area contributed by atoms with Crippen LogP contribution in [0, 0.1) is 0 Å². The SMILES string of the molecule is N.O=C(O)CC(O)c1ccccc1. The molecule has 5 N–H and O–H groups in total. The summed E-state index contributed by atoms with van der Waals surface area (Å²) < 4.78 is 0. The number of carboxylic acids is 1. The number of hydrogen-bond acceptors (Lipinski definition) is 3. The molecule has 13 heavy (non-hydrogen) atoms. The lowest BCUT2D eigenvalue weighted by molar-refractivity contribution is -0.139. The van der Waals surface area contributed by atoms with Gasteiger partial charge in [0.25, 0.3) is 0 Å². The highest BCUT2D eigenvalue weighted by Gasteiger charge is 2.10. The van der Waals surface area contributed by atoms with Gasteiger partial charge in [-0.1, -0.05) is 30.3 Å². The molecule has 0 spiro atoms. The van der Waals surface area contributed by atoms with E-state index in [9.17, 15) is 9.90 Å². The van der Waals surface area contributed by atoms with Gasteiger partial charge in [-0.15, -0.1) is 0 Å². The minimum absolute atomic E-state index is 0. The zero-order valence-corrected chi connectivity index (χ0v) is 7.18. The number of hydrogen-bond donors (Lipinski definition) is 3. The second kappa shape index (κ2) is 5.29. The van der Waals surface area contributed by atoms with E-state index in [0.29, 0.717) is 5.56 Å². The van der Waals surface area contributed by atoms with Crippen molar-refractivity contribution in [2.24, 2.45) is 0 Å². The molecule has 0 amide bonds. The van der Waals surface area contributed by atoms with E-state index in [1.165, 1.54) is 0 Å². The summed E-state index contributed by atoms with van der Waals surface area (Å²) in [4.78, 5) is 10.2. The third-order valence-electron chi connectivity index (χ3n) is 1.55. The molecule has 1 unspecified atom stereocenters. The van der Waals surface area contributed by atoms with Crippen molar-refractivity contribution in [3.05, 3.63) is 35.9 Å². The summed E-state index contributed by atoms with van der Waals surface area (Å²) in [6.07, 6.45) is -1.15. The van der Waals surface area contributed by atoms with Gasteiger partial charge in [0.05, 0.1) is 12.5 Å². The summed E-state index contributed by atoms with van der Waals surface area (Å²) in [6.45, 7) is 0. The van der Waals surface area contributed by atoms with Gasteiger partial charge in [-0.3, -0.25) is 4.79 Å². The molecule has 0 aliphatic heterocycles. The molecule has 4 nitrogen and oxygen atoms in total. The monoisotopic (exact) mass is 183 g/mol. The summed E-state index contributed by atoms with van der Waals surface area (Å²) >= 11 is 0. The van der Waals surface area contributed by atoms with Gasteiger partial charge >= 0.3 is 5.97 Å². The van der Waals surface area contributed by atoms with Crippen LogP contribution < -0.4 is 6.15 Å². The lowest BCUT2D eigenvalue weighted by Crippen LogP contribution is -2.04. The molecular weight excluding hydrogens is 170 g/mol. The molecule has 0 radical (unpaired) electrons. The van der Waals surface area contributed by atoms with Crippen molar-refractivity contribution in [3.8, 4) is 0 Å². The minimum atomic E-state index is -0.994. The maximum Gasteiger partial charge on any atom is 0.306 e. The van der Waals surface area contributed by atoms with E-state index in [4.69, 9.17) is 5.11 Å². The topological polar surface area (TPSA) is 92.5 Å². The molecule has 0 aliphatic rings. The molecule has 4 heteroatoms. The predicted octanol–water partition coefficient (Wildman–Crippen LogP) is 1.36. The van der Waals surface area contributed by atoms with E-state index in [1.54, 1.807) is 24.3 Å². The average Bonchev–Trinajstić information content (AvgIpc) is 2.05. The Morgan fingerprint density at radius 3 is 2.31 bits per heavy atom. The van der Waals surface area contributed by atoms with Crippen LogP contribution in [0.1, 0.15) is 18.1 Å². The highest BCUT2D eigenvalue weighted by Crippen LogP contribution is 2.15. The molecule has 1 aromatic rings. The second-order valence-corrected chi connectivity index (χ2v) is 2.52. The first-order chi connectivity index (χ1) is 5.70. The molecule has 1 aromatic carbocycles. The van der Waals surface area contributed by atoms with Gasteiger partial charge in [-0.2, -0.15) is 0 Å². The van der Waals surface area contributed by atoms with E-state index < -0.39 is 12.1 Å². The van der Waals surface area contributed by atoms with E-state index >= 15 is 0 Å². The number of rotatable bonds is 3. The summed E-state index contributed by atoms with van der Waals surface area (Å²) in [7, 11) is 0. The van der Waals surface area contributed by atoms with Crippen molar-refractivity contribution >= 4 is 5.97 Å². The Labute approximate surface area is 76.4 Å². The third kappa shape index (κ3) is 3.68. The standard InChI is InChI=1S/C9H10O3.H3N/c10-8(6-9(11)12)7-4-2-1-3-5-7;/h1-5,8,10H,6H2,(H,11,12);1H3. The normalized spacial score (nSPS) is 11.5. The quantitative estimate of drug-likeness (QED) is 0.659. The fourth-order valence-electron chi connectivity index (χ4n) is 0.958. The van der Waals surface area contributed by atoms with E-state index in [-0.39, 0.29) is 12.6 Å². The number of benzene rings is 1. The fraction of sp³-hybridized carbons (Fsp3) is 0.222. The van der Waals surface area contributed by atoms with Gasteiger partial charge in [-0.05, 0) is 5.56 Å². The van der Waals surface area contributed by atoms with Gasteiger partial charge in [0, 0.05) is 0 Å². The number of aliphatic hydroxyl groups is 1. The molecule has 1 atom stereocenters. The molecule has 72 valence electrons. The number of carboxylic acid groups (broad SMARTS) is 1.